The summed E-state index contributed by atoms with van der Waals surface area (Å²) in [6, 6.07) is 9.42. The standard InChI is InChI=1S/C19H18F2N4O/c20-14-6-13-10-25(24-18(13)17(7-14)19(22)26)16-3-1-11(2-4-16)12-5-15(21)9-23-8-12/h1-4,6-7,10,12,15,23H,5,8-9H2,(H2,22,26)/t12-,15-/m1/s1/i12D. The molecule has 3 aromatic rings. The minimum Gasteiger partial charge on any atom is -0.366 e. The smallest absolute Gasteiger partial charge is 0.251 e. The monoisotopic (exact) mass is 357 g/mol. The van der Waals surface area contributed by atoms with Gasteiger partial charge in [0.2, 0.25) is 0 Å². The summed E-state index contributed by atoms with van der Waals surface area (Å²) in [6.45, 7) is 0.664. The highest BCUT2D eigenvalue weighted by Crippen LogP contribution is 2.26. The van der Waals surface area contributed by atoms with Crippen molar-refractivity contribution in [3.8, 4) is 5.69 Å². The predicted molar refractivity (Wildman–Crippen MR) is 94.7 cm³/mol. The van der Waals surface area contributed by atoms with Gasteiger partial charge in [-0.05, 0) is 42.1 Å². The molecule has 7 heteroatoms. The van der Waals surface area contributed by atoms with Crippen LogP contribution < -0.4 is 11.1 Å². The average Bonchev–Trinajstić information content (AvgIpc) is 3.04. The molecule has 3 N–H and O–H groups in total. The van der Waals surface area contributed by atoms with Crippen molar-refractivity contribution in [1.29, 1.82) is 0 Å². The van der Waals surface area contributed by atoms with Crippen LogP contribution in [-0.2, 0) is 0 Å². The average molecular weight is 357 g/mol. The maximum atomic E-state index is 13.7. The van der Waals surface area contributed by atoms with Gasteiger partial charge >= 0.3 is 0 Å². The number of nitrogens with zero attached hydrogens (tertiary/aromatic N) is 2. The van der Waals surface area contributed by atoms with E-state index in [1.807, 2.05) is 0 Å². The number of amides is 1. The summed E-state index contributed by atoms with van der Waals surface area (Å²) in [7, 11) is 0. The van der Waals surface area contributed by atoms with Crippen molar-refractivity contribution in [2.75, 3.05) is 13.1 Å². The maximum Gasteiger partial charge on any atom is 0.251 e. The molecule has 1 amide bonds. The van der Waals surface area contributed by atoms with Crippen molar-refractivity contribution in [2.45, 2.75) is 18.5 Å². The van der Waals surface area contributed by atoms with E-state index < -0.39 is 23.8 Å². The van der Waals surface area contributed by atoms with Crippen molar-refractivity contribution < 1.29 is 14.9 Å². The molecule has 0 radical (unpaired) electrons. The molecule has 1 aliphatic heterocycles. The van der Waals surface area contributed by atoms with Crippen LogP contribution in [0, 0.1) is 5.82 Å². The van der Waals surface area contributed by atoms with Crippen LogP contribution in [0.15, 0.2) is 42.6 Å². The molecule has 0 bridgehead atoms. The Morgan fingerprint density at radius 3 is 2.77 bits per heavy atom. The second-order valence-corrected chi connectivity index (χ2v) is 6.41. The van der Waals surface area contributed by atoms with Crippen molar-refractivity contribution in [3.05, 3.63) is 59.5 Å². The molecule has 134 valence electrons. The van der Waals surface area contributed by atoms with Crippen LogP contribution in [0.5, 0.6) is 0 Å². The van der Waals surface area contributed by atoms with Crippen LogP contribution in [0.1, 0.15) is 29.6 Å². The Bertz CT molecular complexity index is 1020. The minimum absolute atomic E-state index is 0.0211. The van der Waals surface area contributed by atoms with Crippen molar-refractivity contribution in [1.82, 2.24) is 15.1 Å². The number of nitrogens with one attached hydrogen (secondary N) is 1. The number of aromatic nitrogens is 2. The number of primary amides is 1. The Morgan fingerprint density at radius 2 is 2.08 bits per heavy atom. The van der Waals surface area contributed by atoms with Crippen LogP contribution in [-0.4, -0.2) is 34.9 Å². The number of fused-ring (bicyclic) bond motifs is 1. The number of hydrogen-bond donors (Lipinski definition) is 2. The van der Waals surface area contributed by atoms with Gasteiger partial charge in [0.25, 0.3) is 5.91 Å². The van der Waals surface area contributed by atoms with Gasteiger partial charge in [0.05, 0.1) is 11.3 Å². The first kappa shape index (κ1) is 15.5. The van der Waals surface area contributed by atoms with E-state index in [2.05, 4.69) is 10.4 Å². The van der Waals surface area contributed by atoms with Crippen LogP contribution in [0.25, 0.3) is 16.6 Å². The summed E-state index contributed by atoms with van der Waals surface area (Å²) in [5.74, 6) is -2.33. The second-order valence-electron chi connectivity index (χ2n) is 6.41. The van der Waals surface area contributed by atoms with Gasteiger partial charge in [-0.25, -0.2) is 13.5 Å². The normalized spacial score (nSPS) is 23.8. The lowest BCUT2D eigenvalue weighted by Gasteiger charge is -2.26. The first-order chi connectivity index (χ1) is 12.9. The Kier molecular flexibility index (Phi) is 3.86. The Morgan fingerprint density at radius 1 is 1.31 bits per heavy atom. The van der Waals surface area contributed by atoms with Gasteiger partial charge in [-0.2, -0.15) is 5.10 Å². The fraction of sp³-hybridized carbons (Fsp3) is 0.263. The van der Waals surface area contributed by atoms with Gasteiger partial charge in [-0.3, -0.25) is 4.79 Å². The lowest BCUT2D eigenvalue weighted by molar-refractivity contribution is 0.100. The molecule has 1 aliphatic rings. The molecule has 2 aromatic carbocycles. The van der Waals surface area contributed by atoms with Gasteiger partial charge in [-0.1, -0.05) is 12.1 Å². The van der Waals surface area contributed by atoms with Crippen LogP contribution in [0.2, 0.25) is 0 Å². The quantitative estimate of drug-likeness (QED) is 0.757. The molecule has 0 aliphatic carbocycles. The number of benzene rings is 2. The van der Waals surface area contributed by atoms with E-state index in [9.17, 15) is 13.6 Å². The summed E-state index contributed by atoms with van der Waals surface area (Å²) >= 11 is 0. The minimum atomic E-state index is -1.05. The van der Waals surface area contributed by atoms with Gasteiger partial charge in [0.1, 0.15) is 17.5 Å². The van der Waals surface area contributed by atoms with Gasteiger partial charge < -0.3 is 11.1 Å². The highest BCUT2D eigenvalue weighted by Gasteiger charge is 2.22. The fourth-order valence-corrected chi connectivity index (χ4v) is 3.28. The molecule has 2 atom stereocenters. The number of carbonyl (C=O) groups is 1. The SMILES string of the molecule is [2H][C@]1(c2ccc(-n3cc4cc(F)cc(C(N)=O)c4n3)cc2)CNC[C@H](F)C1. The Labute approximate surface area is 150 Å². The van der Waals surface area contributed by atoms with Crippen LogP contribution in [0.4, 0.5) is 8.78 Å². The molecular formula is C19H18F2N4O. The molecule has 1 saturated heterocycles. The van der Waals surface area contributed by atoms with Crippen LogP contribution in [0.3, 0.4) is 0 Å². The number of hydrogen-bond acceptors (Lipinski definition) is 3. The third kappa shape index (κ3) is 3.06. The van der Waals surface area contributed by atoms with Crippen molar-refractivity contribution in [3.63, 3.8) is 0 Å². The molecule has 1 aromatic heterocycles. The summed E-state index contributed by atoms with van der Waals surface area (Å²) in [5, 5.41) is 7.76. The highest BCUT2D eigenvalue weighted by molar-refractivity contribution is 6.04. The van der Waals surface area contributed by atoms with Crippen LogP contribution >= 0.6 is 0 Å². The van der Waals surface area contributed by atoms with Gasteiger partial charge in [-0.15, -0.1) is 0 Å². The third-order valence-corrected chi connectivity index (χ3v) is 4.55. The summed E-state index contributed by atoms with van der Waals surface area (Å²) < 4.78 is 37.5. The fourth-order valence-electron chi connectivity index (χ4n) is 3.28. The zero-order valence-corrected chi connectivity index (χ0v) is 13.9. The summed E-state index contributed by atoms with van der Waals surface area (Å²) in [5.41, 5.74) is 7.04. The van der Waals surface area contributed by atoms with Crippen molar-refractivity contribution >= 4 is 16.8 Å². The number of halogens is 2. The number of alkyl halides is 1. The number of nitrogens with two attached hydrogens (primary N) is 1. The molecule has 5 nitrogen and oxygen atoms in total. The first-order valence-corrected chi connectivity index (χ1v) is 8.30. The van der Waals surface area contributed by atoms with E-state index in [1.165, 1.54) is 10.7 Å². The number of piperidine rings is 1. The maximum absolute atomic E-state index is 13.7. The van der Waals surface area contributed by atoms with Gasteiger partial charge in [0, 0.05) is 26.0 Å². The third-order valence-electron chi connectivity index (χ3n) is 4.55. The summed E-state index contributed by atoms with van der Waals surface area (Å²) in [4.78, 5) is 11.5. The number of rotatable bonds is 3. The summed E-state index contributed by atoms with van der Waals surface area (Å²) in [6.07, 6.45) is 0.706. The molecule has 0 saturated carbocycles. The Balaban J connectivity index is 1.70. The number of carbonyl (C=O) groups excluding carboxylic acids is 1. The lowest BCUT2D eigenvalue weighted by atomic mass is 9.91. The molecule has 4 rings (SSSR count). The Hall–Kier alpha value is -2.80. The van der Waals surface area contributed by atoms with E-state index in [4.69, 9.17) is 7.10 Å². The lowest BCUT2D eigenvalue weighted by Crippen LogP contribution is -2.36. The first-order valence-electron chi connectivity index (χ1n) is 8.80. The topological polar surface area (TPSA) is 72.9 Å². The van der Waals surface area contributed by atoms with E-state index in [-0.39, 0.29) is 18.5 Å². The molecule has 0 spiro atoms. The molecule has 1 fully saturated rings. The largest absolute Gasteiger partial charge is 0.366 e. The van der Waals surface area contributed by atoms with Gasteiger partial charge in [0.15, 0.2) is 0 Å². The van der Waals surface area contributed by atoms with E-state index in [0.29, 0.717) is 28.7 Å². The van der Waals surface area contributed by atoms with Crippen molar-refractivity contribution in [2.24, 2.45) is 5.73 Å². The zero-order chi connectivity index (χ0) is 19.2. The molecular weight excluding hydrogens is 338 g/mol. The van der Waals surface area contributed by atoms with E-state index in [1.54, 1.807) is 30.5 Å². The second kappa shape index (κ2) is 6.49. The molecule has 0 unspecified atom stereocenters. The highest BCUT2D eigenvalue weighted by atomic mass is 19.1. The molecule has 2 heterocycles. The van der Waals surface area contributed by atoms with E-state index in [0.717, 1.165) is 6.07 Å². The van der Waals surface area contributed by atoms with E-state index >= 15 is 0 Å². The molecule has 26 heavy (non-hydrogen) atoms. The zero-order valence-electron chi connectivity index (χ0n) is 14.9. The predicted octanol–water partition coefficient (Wildman–Crippen LogP) is 2.68.